The van der Waals surface area contributed by atoms with Crippen LogP contribution in [0.3, 0.4) is 0 Å². The fourth-order valence-corrected chi connectivity index (χ4v) is 3.77. The highest BCUT2D eigenvalue weighted by molar-refractivity contribution is 9.10. The van der Waals surface area contributed by atoms with Crippen molar-refractivity contribution in [1.29, 1.82) is 0 Å². The van der Waals surface area contributed by atoms with Gasteiger partial charge in [0.25, 0.3) is 5.09 Å². The third kappa shape index (κ3) is 5.76. The Bertz CT molecular complexity index is 1200. The van der Waals surface area contributed by atoms with Gasteiger partial charge in [0.15, 0.2) is 15.6 Å². The fourth-order valence-electron chi connectivity index (χ4n) is 2.87. The van der Waals surface area contributed by atoms with Crippen LogP contribution >= 0.6 is 15.9 Å². The standard InChI is InChI=1S/C20H18BrN3O6S/c1-31(28,29)17-10-4-14(5-11-17)19-13-18(20(25)3-2-12-30-24(26)27)22-23(19)16-8-6-15(21)7-9-16/h4-11,13H,2-3,12H2,1H3. The quantitative estimate of drug-likeness (QED) is 0.186. The highest BCUT2D eigenvalue weighted by Gasteiger charge is 2.17. The van der Waals surface area contributed by atoms with Crippen LogP contribution in [0.1, 0.15) is 23.3 Å². The molecule has 0 aliphatic carbocycles. The molecule has 31 heavy (non-hydrogen) atoms. The number of nitrogens with zero attached hydrogens (tertiary/aromatic N) is 3. The average Bonchev–Trinajstić information content (AvgIpc) is 3.16. The minimum atomic E-state index is -3.34. The molecule has 11 heteroatoms. The molecule has 0 amide bonds. The lowest BCUT2D eigenvalue weighted by molar-refractivity contribution is -0.757. The zero-order chi connectivity index (χ0) is 22.6. The Balaban J connectivity index is 1.95. The van der Waals surface area contributed by atoms with E-state index in [1.165, 1.54) is 12.1 Å². The van der Waals surface area contributed by atoms with E-state index in [0.717, 1.165) is 10.7 Å². The molecule has 0 atom stereocenters. The first-order chi connectivity index (χ1) is 14.6. The van der Waals surface area contributed by atoms with E-state index >= 15 is 0 Å². The molecule has 1 aromatic heterocycles. The third-order valence-corrected chi connectivity index (χ3v) is 6.05. The number of hydrogen-bond donors (Lipinski definition) is 0. The van der Waals surface area contributed by atoms with E-state index in [0.29, 0.717) is 16.9 Å². The van der Waals surface area contributed by atoms with E-state index in [9.17, 15) is 23.3 Å². The van der Waals surface area contributed by atoms with Crippen LogP contribution in [0.15, 0.2) is 64.0 Å². The molecule has 0 fully saturated rings. The van der Waals surface area contributed by atoms with Crippen LogP contribution < -0.4 is 0 Å². The van der Waals surface area contributed by atoms with Crippen molar-refractivity contribution >= 4 is 31.6 Å². The van der Waals surface area contributed by atoms with Crippen LogP contribution in [0.4, 0.5) is 0 Å². The van der Waals surface area contributed by atoms with Crippen molar-refractivity contribution in [1.82, 2.24) is 9.78 Å². The lowest BCUT2D eigenvalue weighted by atomic mass is 10.1. The molecule has 0 unspecified atom stereocenters. The molecule has 9 nitrogen and oxygen atoms in total. The molecule has 0 spiro atoms. The Labute approximate surface area is 186 Å². The highest BCUT2D eigenvalue weighted by atomic mass is 79.9. The number of carbonyl (C=O) groups excluding carboxylic acids is 1. The molecule has 0 saturated heterocycles. The molecule has 162 valence electrons. The number of benzene rings is 2. The lowest BCUT2D eigenvalue weighted by Crippen LogP contribution is -2.07. The van der Waals surface area contributed by atoms with Crippen LogP contribution in [0.5, 0.6) is 0 Å². The summed E-state index contributed by atoms with van der Waals surface area (Å²) in [7, 11) is -3.34. The van der Waals surface area contributed by atoms with Crippen molar-refractivity contribution in [3.63, 3.8) is 0 Å². The van der Waals surface area contributed by atoms with E-state index in [4.69, 9.17) is 0 Å². The van der Waals surface area contributed by atoms with Crippen LogP contribution in [0.2, 0.25) is 0 Å². The minimum absolute atomic E-state index is 0.0393. The van der Waals surface area contributed by atoms with Gasteiger partial charge in [-0.3, -0.25) is 4.79 Å². The van der Waals surface area contributed by atoms with Crippen molar-refractivity contribution in [3.8, 4) is 16.9 Å². The van der Waals surface area contributed by atoms with E-state index < -0.39 is 14.9 Å². The van der Waals surface area contributed by atoms with Gasteiger partial charge in [0, 0.05) is 22.7 Å². The molecule has 0 aliphatic heterocycles. The van der Waals surface area contributed by atoms with Gasteiger partial charge >= 0.3 is 0 Å². The Morgan fingerprint density at radius 1 is 1.16 bits per heavy atom. The maximum absolute atomic E-state index is 12.6. The first-order valence-electron chi connectivity index (χ1n) is 9.12. The summed E-state index contributed by atoms with van der Waals surface area (Å²) < 4.78 is 26.0. The molecule has 0 N–H and O–H groups in total. The van der Waals surface area contributed by atoms with Crippen molar-refractivity contribution < 1.29 is 23.1 Å². The topological polar surface area (TPSA) is 121 Å². The zero-order valence-electron chi connectivity index (χ0n) is 16.4. The maximum atomic E-state index is 12.6. The van der Waals surface area contributed by atoms with Gasteiger partial charge in [0.1, 0.15) is 5.69 Å². The number of sulfone groups is 1. The normalized spacial score (nSPS) is 11.3. The fraction of sp³-hybridized carbons (Fsp3) is 0.200. The predicted molar refractivity (Wildman–Crippen MR) is 116 cm³/mol. The smallest absolute Gasteiger partial charge is 0.294 e. The summed E-state index contributed by atoms with van der Waals surface area (Å²) in [5.74, 6) is -0.281. The number of carbonyl (C=O) groups is 1. The largest absolute Gasteiger partial charge is 0.314 e. The first-order valence-corrected chi connectivity index (χ1v) is 11.8. The maximum Gasteiger partial charge on any atom is 0.294 e. The van der Waals surface area contributed by atoms with Gasteiger partial charge in [-0.15, -0.1) is 10.1 Å². The Kier molecular flexibility index (Phi) is 6.86. The summed E-state index contributed by atoms with van der Waals surface area (Å²) in [4.78, 5) is 27.2. The van der Waals surface area contributed by atoms with Gasteiger partial charge < -0.3 is 4.84 Å². The second kappa shape index (κ2) is 9.40. The van der Waals surface area contributed by atoms with Gasteiger partial charge in [0.2, 0.25) is 0 Å². The van der Waals surface area contributed by atoms with Gasteiger partial charge in [-0.1, -0.05) is 28.1 Å². The van der Waals surface area contributed by atoms with Gasteiger partial charge in [-0.05, 0) is 48.9 Å². The average molecular weight is 508 g/mol. The minimum Gasteiger partial charge on any atom is -0.314 e. The number of rotatable bonds is 9. The number of aromatic nitrogens is 2. The SMILES string of the molecule is CS(=O)(=O)c1ccc(-c2cc(C(=O)CCCO[N+](=O)[O-])nn2-c2ccc(Br)cc2)cc1. The van der Waals surface area contributed by atoms with Crippen LogP contribution in [-0.4, -0.2) is 41.9 Å². The molecule has 0 saturated carbocycles. The summed E-state index contributed by atoms with van der Waals surface area (Å²) in [6.07, 6.45) is 1.36. The second-order valence-electron chi connectivity index (χ2n) is 6.68. The summed E-state index contributed by atoms with van der Waals surface area (Å²) in [5.41, 5.74) is 2.19. The second-order valence-corrected chi connectivity index (χ2v) is 9.61. The first kappa shape index (κ1) is 22.6. The van der Waals surface area contributed by atoms with Crippen molar-refractivity contribution in [3.05, 3.63) is 74.9 Å². The van der Waals surface area contributed by atoms with E-state index in [2.05, 4.69) is 25.9 Å². The van der Waals surface area contributed by atoms with Crippen molar-refractivity contribution in [2.45, 2.75) is 17.7 Å². The summed E-state index contributed by atoms with van der Waals surface area (Å²) in [6, 6.07) is 15.3. The highest BCUT2D eigenvalue weighted by Crippen LogP contribution is 2.27. The summed E-state index contributed by atoms with van der Waals surface area (Å²) in [5, 5.41) is 13.8. The van der Waals surface area contributed by atoms with Crippen LogP contribution in [0, 0.1) is 10.1 Å². The van der Waals surface area contributed by atoms with Gasteiger partial charge in [-0.2, -0.15) is 5.10 Å². The molecule has 3 aromatic rings. The Morgan fingerprint density at radius 3 is 2.39 bits per heavy atom. The third-order valence-electron chi connectivity index (χ3n) is 4.39. The van der Waals surface area contributed by atoms with E-state index in [1.54, 1.807) is 22.9 Å². The molecular weight excluding hydrogens is 490 g/mol. The Morgan fingerprint density at radius 2 is 1.81 bits per heavy atom. The molecule has 2 aromatic carbocycles. The number of Topliss-reactive ketones (excluding diaryl/α,β-unsaturated/α-hetero) is 1. The Hall–Kier alpha value is -3.05. The molecule has 0 aliphatic rings. The van der Waals surface area contributed by atoms with E-state index in [1.807, 2.05) is 24.3 Å². The number of ketones is 1. The van der Waals surface area contributed by atoms with Crippen LogP contribution in [-0.2, 0) is 14.7 Å². The molecule has 1 heterocycles. The number of hydrogen-bond acceptors (Lipinski definition) is 7. The number of halogens is 1. The predicted octanol–water partition coefficient (Wildman–Crippen LogP) is 3.88. The zero-order valence-corrected chi connectivity index (χ0v) is 18.8. The monoisotopic (exact) mass is 507 g/mol. The van der Waals surface area contributed by atoms with Crippen molar-refractivity contribution in [2.75, 3.05) is 12.9 Å². The van der Waals surface area contributed by atoms with Crippen LogP contribution in [0.25, 0.3) is 16.9 Å². The molecule has 0 radical (unpaired) electrons. The summed E-state index contributed by atoms with van der Waals surface area (Å²) in [6.45, 7) is -0.175. The molecule has 3 rings (SSSR count). The van der Waals surface area contributed by atoms with Gasteiger partial charge in [0.05, 0.1) is 22.9 Å². The van der Waals surface area contributed by atoms with Gasteiger partial charge in [-0.25, -0.2) is 13.1 Å². The summed E-state index contributed by atoms with van der Waals surface area (Å²) >= 11 is 3.38. The molecular formula is C20H18BrN3O6S. The lowest BCUT2D eigenvalue weighted by Gasteiger charge is -2.08. The van der Waals surface area contributed by atoms with E-state index in [-0.39, 0.29) is 35.8 Å². The van der Waals surface area contributed by atoms with Crippen molar-refractivity contribution in [2.24, 2.45) is 0 Å². The molecule has 0 bridgehead atoms.